The van der Waals surface area contributed by atoms with Gasteiger partial charge in [-0.25, -0.2) is 0 Å². The number of fused-ring (bicyclic) bond motifs is 36. The first kappa shape index (κ1) is 67.2. The largest absolute Gasteiger partial charge is 0.488 e. The molecule has 6 N–H and O–H groups in total. The van der Waals surface area contributed by atoms with Crippen molar-refractivity contribution < 1.29 is 10.0 Å². The minimum Gasteiger partial charge on any atom is -0.423 e. The van der Waals surface area contributed by atoms with E-state index in [0.29, 0.717) is 5.46 Å². The standard InChI is InChI=1S/C22H13NS.C19H12S.3C18H11NS.C6H7BO2/c1-2-8-14-13(7-1)19-15-9-3-5-11-17(15)23-21(19)22-20(14)16-10-4-6-12-18(16)24-22;1-2-6-14-12(5-1)11-13-9-10-17-19(18(13)14)15-7-3-4-8-16(15)20-17;1-3-7-15-11(5-1)13-10-18-14(9-16(13)19-15)12-6-2-4-8-17(12)20-18;1-3-7-15-11(5-1)13-9-14-12-6-2-4-8-17(12)20-18(14)10-16(13)19-15;1-3-7-15-11(5-1)13-9-10-14-12-6-2-4-8-16(12)20-18(14)17(13)19-15;8-7(9)6-4-2-1-3-5-6/h1-12,23H;1-10H,11H2;3*1-10,19H;1-5,8-9H. The SMILES string of the molecule is OB(O)c1ccccc1.c1ccc2c(c1)Cc1ccc3sc4ccccc4c3c1-2.c1ccc2c(c1)[nH]c1c2ccc2c3ccccc3sc21.c1ccc2c(c1)[nH]c1c3sc4ccccc4c3c3ccccc3c21.c1ccc2c(c1)[nH]c1cc3c(cc12)sc1ccccc13.c1ccc2c(c1)[nH]c1cc3sc4ccccc4c3cc12. The third-order valence-electron chi connectivity index (χ3n) is 22.4. The van der Waals surface area contributed by atoms with E-state index >= 15 is 0 Å². The van der Waals surface area contributed by atoms with Crippen LogP contribution in [0.5, 0.6) is 0 Å². The molecule has 9 heterocycles. The fourth-order valence-electron chi connectivity index (χ4n) is 17.3. The minimum atomic E-state index is -1.34. The van der Waals surface area contributed by atoms with Crippen molar-refractivity contribution in [2.24, 2.45) is 0 Å². The van der Waals surface area contributed by atoms with E-state index in [2.05, 4.69) is 335 Å². The van der Waals surface area contributed by atoms with E-state index in [1.165, 1.54) is 221 Å². The smallest absolute Gasteiger partial charge is 0.423 e. The van der Waals surface area contributed by atoms with Crippen LogP contribution >= 0.6 is 56.7 Å². The maximum Gasteiger partial charge on any atom is 0.488 e. The van der Waals surface area contributed by atoms with Crippen molar-refractivity contribution in [1.29, 1.82) is 0 Å². The van der Waals surface area contributed by atoms with E-state index in [1.807, 2.05) is 62.8 Å². The van der Waals surface area contributed by atoms with E-state index in [9.17, 15) is 0 Å². The highest BCUT2D eigenvalue weighted by Crippen LogP contribution is 2.49. The average Bonchev–Trinajstić information content (AvgIpc) is 1.56. The van der Waals surface area contributed by atoms with Gasteiger partial charge < -0.3 is 30.0 Å². The molecule has 0 unspecified atom stereocenters. The molecule has 0 radical (unpaired) electrons. The van der Waals surface area contributed by atoms with Crippen LogP contribution in [0.1, 0.15) is 11.1 Å². The van der Waals surface area contributed by atoms with E-state index in [1.54, 1.807) is 24.3 Å². The van der Waals surface area contributed by atoms with Crippen molar-refractivity contribution >= 4 is 268 Å². The molecule has 27 rings (SSSR count). The number of aromatic amines is 4. The zero-order valence-electron chi connectivity index (χ0n) is 60.6. The number of aromatic nitrogens is 4. The first-order valence-corrected chi connectivity index (χ1v) is 42.0. The molecular weight excluding hydrogens is 1470 g/mol. The van der Waals surface area contributed by atoms with Gasteiger partial charge in [0.05, 0.1) is 20.4 Å². The molecule has 534 valence electrons. The average molecular weight is 1540 g/mol. The summed E-state index contributed by atoms with van der Waals surface area (Å²) in [4.78, 5) is 14.3. The van der Waals surface area contributed by atoms with Crippen LogP contribution in [0.3, 0.4) is 0 Å². The Morgan fingerprint density at radius 1 is 0.221 bits per heavy atom. The van der Waals surface area contributed by atoms with Crippen molar-refractivity contribution in [3.05, 3.63) is 357 Å². The Hall–Kier alpha value is -12.7. The summed E-state index contributed by atoms with van der Waals surface area (Å²) in [6.45, 7) is 0. The summed E-state index contributed by atoms with van der Waals surface area (Å²) >= 11 is 9.41. The van der Waals surface area contributed by atoms with Gasteiger partial charge in [0.2, 0.25) is 0 Å². The molecule has 6 nitrogen and oxygen atoms in total. The lowest BCUT2D eigenvalue weighted by Gasteiger charge is -2.04. The molecule has 1 aliphatic rings. The van der Waals surface area contributed by atoms with Crippen LogP contribution in [-0.4, -0.2) is 37.1 Å². The van der Waals surface area contributed by atoms with Gasteiger partial charge in [0.25, 0.3) is 0 Å². The molecule has 26 aromatic rings. The zero-order valence-corrected chi connectivity index (χ0v) is 64.7. The van der Waals surface area contributed by atoms with Gasteiger partial charge in [0, 0.05) is 168 Å². The molecule has 0 aliphatic heterocycles. The van der Waals surface area contributed by atoms with E-state index in [-0.39, 0.29) is 0 Å². The Kier molecular flexibility index (Phi) is 16.4. The summed E-state index contributed by atoms with van der Waals surface area (Å²) in [6, 6.07) is 122. The maximum atomic E-state index is 8.58. The molecule has 12 heteroatoms. The number of para-hydroxylation sites is 4. The number of benzene rings is 17. The van der Waals surface area contributed by atoms with Crippen molar-refractivity contribution in [3.63, 3.8) is 0 Å². The number of H-pyrrole nitrogens is 4. The molecule has 0 fully saturated rings. The Balaban J connectivity index is 0.0000000842. The zero-order chi connectivity index (χ0) is 74.8. The van der Waals surface area contributed by atoms with Crippen LogP contribution in [0.4, 0.5) is 0 Å². The molecule has 0 saturated heterocycles. The second kappa shape index (κ2) is 27.6. The van der Waals surface area contributed by atoms with Crippen molar-refractivity contribution in [1.82, 2.24) is 19.9 Å². The van der Waals surface area contributed by atoms with Crippen LogP contribution < -0.4 is 5.46 Å². The number of thiophene rings is 5. The lowest BCUT2D eigenvalue weighted by molar-refractivity contribution is 0.426. The monoisotopic (exact) mass is 1540 g/mol. The van der Waals surface area contributed by atoms with Gasteiger partial charge in [-0.2, -0.15) is 0 Å². The van der Waals surface area contributed by atoms with E-state index in [0.717, 1.165) is 6.42 Å². The molecule has 113 heavy (non-hydrogen) atoms. The lowest BCUT2D eigenvalue weighted by Crippen LogP contribution is -2.29. The van der Waals surface area contributed by atoms with Crippen LogP contribution in [0.2, 0.25) is 0 Å². The third-order valence-corrected chi connectivity index (χ3v) is 28.2. The minimum absolute atomic E-state index is 0.525. The van der Waals surface area contributed by atoms with Crippen molar-refractivity contribution in [2.45, 2.75) is 6.42 Å². The first-order valence-electron chi connectivity index (χ1n) is 37.9. The van der Waals surface area contributed by atoms with Crippen LogP contribution in [-0.2, 0) is 6.42 Å². The third kappa shape index (κ3) is 11.5. The first-order chi connectivity index (χ1) is 55.8. The second-order valence-electron chi connectivity index (χ2n) is 28.9. The van der Waals surface area contributed by atoms with Gasteiger partial charge in [-0.05, 0) is 130 Å². The molecule has 0 atom stereocenters. The van der Waals surface area contributed by atoms with Crippen molar-refractivity contribution in [2.75, 3.05) is 0 Å². The highest BCUT2D eigenvalue weighted by Gasteiger charge is 2.24. The fourth-order valence-corrected chi connectivity index (χ4v) is 23.1. The van der Waals surface area contributed by atoms with Gasteiger partial charge in [-0.15, -0.1) is 56.7 Å². The number of hydrogen-bond acceptors (Lipinski definition) is 7. The molecule has 1 aliphatic carbocycles. The summed E-state index contributed by atoms with van der Waals surface area (Å²) in [6.07, 6.45) is 1.08. The van der Waals surface area contributed by atoms with Crippen molar-refractivity contribution in [3.8, 4) is 11.1 Å². The van der Waals surface area contributed by atoms with Crippen LogP contribution in [0, 0.1) is 0 Å². The van der Waals surface area contributed by atoms with Crippen LogP contribution in [0.15, 0.2) is 346 Å². The number of hydrogen-bond donors (Lipinski definition) is 6. The molecule has 9 aromatic heterocycles. The van der Waals surface area contributed by atoms with Gasteiger partial charge >= 0.3 is 7.12 Å². The highest BCUT2D eigenvalue weighted by molar-refractivity contribution is 7.28. The Morgan fingerprint density at radius 3 is 1.27 bits per heavy atom. The predicted molar refractivity (Wildman–Crippen MR) is 496 cm³/mol. The predicted octanol–water partition coefficient (Wildman–Crippen LogP) is 28.9. The topological polar surface area (TPSA) is 104 Å². The Labute approximate surface area is 667 Å². The molecular formula is C101H65BN4O2S5. The highest BCUT2D eigenvalue weighted by atomic mass is 32.1. The lowest BCUT2D eigenvalue weighted by atomic mass is 9.81. The quantitative estimate of drug-likeness (QED) is 0.0922. The summed E-state index contributed by atoms with van der Waals surface area (Å²) in [5.41, 5.74) is 16.2. The molecule has 0 spiro atoms. The van der Waals surface area contributed by atoms with E-state index < -0.39 is 7.12 Å². The summed E-state index contributed by atoms with van der Waals surface area (Å²) in [7, 11) is -1.34. The second-order valence-corrected chi connectivity index (χ2v) is 34.3. The normalized spacial score (nSPS) is 11.9. The Bertz CT molecular complexity index is 7840. The van der Waals surface area contributed by atoms with E-state index in [4.69, 9.17) is 10.0 Å². The van der Waals surface area contributed by atoms with Crippen LogP contribution in [0.25, 0.3) is 210 Å². The molecule has 0 amide bonds. The maximum absolute atomic E-state index is 8.58. The molecule has 17 aromatic carbocycles. The van der Waals surface area contributed by atoms with Gasteiger partial charge in [0.15, 0.2) is 0 Å². The summed E-state index contributed by atoms with van der Waals surface area (Å²) < 4.78 is 13.7. The van der Waals surface area contributed by atoms with Gasteiger partial charge in [0.1, 0.15) is 0 Å². The summed E-state index contributed by atoms with van der Waals surface area (Å²) in [5, 5.41) is 44.1. The van der Waals surface area contributed by atoms with Gasteiger partial charge in [-0.3, -0.25) is 0 Å². The van der Waals surface area contributed by atoms with Gasteiger partial charge in [-0.1, -0.05) is 261 Å². The fraction of sp³-hybridized carbons (Fsp3) is 0.00990. The molecule has 0 bridgehead atoms. The summed E-state index contributed by atoms with van der Waals surface area (Å²) in [5.74, 6) is 0. The Morgan fingerprint density at radius 2 is 0.637 bits per heavy atom. The number of rotatable bonds is 1. The molecule has 0 saturated carbocycles. The number of nitrogens with one attached hydrogen (secondary N) is 4.